The van der Waals surface area contributed by atoms with Gasteiger partial charge in [0, 0.05) is 17.8 Å². The van der Waals surface area contributed by atoms with Crippen LogP contribution >= 0.6 is 0 Å². The summed E-state index contributed by atoms with van der Waals surface area (Å²) in [6.07, 6.45) is 0.725. The average molecular weight is 481 g/mol. The molecule has 5 nitrogen and oxygen atoms in total. The van der Waals surface area contributed by atoms with Crippen LogP contribution < -0.4 is 10.1 Å². The summed E-state index contributed by atoms with van der Waals surface area (Å²) in [4.78, 5) is 27.8. The Hall–Kier alpha value is -4.45. The molecule has 1 heterocycles. The summed E-state index contributed by atoms with van der Waals surface area (Å²) in [5.41, 5.74) is 4.27. The number of hydrogen-bond donors (Lipinski definition) is 1. The van der Waals surface area contributed by atoms with Crippen LogP contribution in [0.2, 0.25) is 0 Å². The topological polar surface area (TPSA) is 58.6 Å². The minimum Gasteiger partial charge on any atom is -0.484 e. The molecule has 4 aromatic carbocycles. The van der Waals surface area contributed by atoms with Crippen molar-refractivity contribution in [2.24, 2.45) is 0 Å². The Kier molecular flexibility index (Phi) is 6.76. The van der Waals surface area contributed by atoms with Crippen molar-refractivity contribution in [2.45, 2.75) is 12.5 Å². The van der Waals surface area contributed by atoms with E-state index in [1.165, 1.54) is 24.3 Å². The predicted molar refractivity (Wildman–Crippen MR) is 136 cm³/mol. The van der Waals surface area contributed by atoms with Crippen molar-refractivity contribution in [1.29, 1.82) is 0 Å². The highest BCUT2D eigenvalue weighted by Gasteiger charge is 2.32. The summed E-state index contributed by atoms with van der Waals surface area (Å²) in [6.45, 7) is 0.402. The van der Waals surface area contributed by atoms with Crippen LogP contribution in [0.3, 0.4) is 0 Å². The molecule has 1 N–H and O–H groups in total. The molecular weight excluding hydrogens is 455 g/mol. The van der Waals surface area contributed by atoms with Crippen molar-refractivity contribution in [3.8, 4) is 5.75 Å². The number of carbonyl (C=O) groups excluding carboxylic acids is 2. The van der Waals surface area contributed by atoms with E-state index in [-0.39, 0.29) is 30.3 Å². The molecule has 4 aromatic rings. The molecule has 0 spiro atoms. The van der Waals surface area contributed by atoms with Gasteiger partial charge in [0.1, 0.15) is 11.6 Å². The third-order valence-electron chi connectivity index (χ3n) is 6.24. The molecule has 36 heavy (non-hydrogen) atoms. The summed E-state index contributed by atoms with van der Waals surface area (Å²) >= 11 is 0. The normalized spacial score (nSPS) is 14.6. The largest absolute Gasteiger partial charge is 0.484 e. The van der Waals surface area contributed by atoms with Crippen LogP contribution in [0.1, 0.15) is 33.1 Å². The molecule has 2 amide bonds. The monoisotopic (exact) mass is 480 g/mol. The molecule has 0 fully saturated rings. The van der Waals surface area contributed by atoms with Gasteiger partial charge in [0.25, 0.3) is 11.8 Å². The van der Waals surface area contributed by atoms with E-state index >= 15 is 0 Å². The summed E-state index contributed by atoms with van der Waals surface area (Å²) < 4.78 is 18.9. The lowest BCUT2D eigenvalue weighted by atomic mass is 9.87. The molecule has 5 rings (SSSR count). The lowest BCUT2D eigenvalue weighted by Gasteiger charge is -2.38. The molecule has 1 aliphatic heterocycles. The summed E-state index contributed by atoms with van der Waals surface area (Å²) in [5.74, 6) is -0.205. The van der Waals surface area contributed by atoms with Crippen molar-refractivity contribution >= 4 is 17.5 Å². The number of ether oxygens (including phenoxy) is 1. The van der Waals surface area contributed by atoms with Gasteiger partial charge in [0.2, 0.25) is 0 Å². The van der Waals surface area contributed by atoms with Crippen molar-refractivity contribution in [2.75, 3.05) is 18.5 Å². The molecule has 180 valence electrons. The van der Waals surface area contributed by atoms with Crippen LogP contribution in [0, 0.1) is 5.82 Å². The summed E-state index contributed by atoms with van der Waals surface area (Å²) in [7, 11) is 0. The number of rotatable bonds is 6. The quantitative estimate of drug-likeness (QED) is 0.389. The van der Waals surface area contributed by atoms with Crippen LogP contribution in [0.25, 0.3) is 0 Å². The molecule has 0 radical (unpaired) electrons. The van der Waals surface area contributed by atoms with Gasteiger partial charge >= 0.3 is 0 Å². The van der Waals surface area contributed by atoms with Crippen LogP contribution in [-0.4, -0.2) is 29.9 Å². The highest BCUT2D eigenvalue weighted by molar-refractivity contribution is 5.95. The van der Waals surface area contributed by atoms with Gasteiger partial charge in [-0.15, -0.1) is 0 Å². The van der Waals surface area contributed by atoms with Gasteiger partial charge in [-0.2, -0.15) is 0 Å². The first-order valence-electron chi connectivity index (χ1n) is 11.8. The van der Waals surface area contributed by atoms with E-state index in [9.17, 15) is 14.0 Å². The molecule has 0 aliphatic carbocycles. The van der Waals surface area contributed by atoms with E-state index < -0.39 is 0 Å². The van der Waals surface area contributed by atoms with Gasteiger partial charge in [0.05, 0.1) is 6.04 Å². The zero-order chi connectivity index (χ0) is 24.9. The molecular formula is C30H25FN2O3. The zero-order valence-electron chi connectivity index (χ0n) is 19.6. The van der Waals surface area contributed by atoms with E-state index in [0.29, 0.717) is 23.5 Å². The summed E-state index contributed by atoms with van der Waals surface area (Å²) in [6, 6.07) is 30.3. The highest BCUT2D eigenvalue weighted by Crippen LogP contribution is 2.38. The second kappa shape index (κ2) is 10.4. The third kappa shape index (κ3) is 5.13. The van der Waals surface area contributed by atoms with Gasteiger partial charge < -0.3 is 15.0 Å². The number of benzene rings is 4. The second-order valence-electron chi connectivity index (χ2n) is 8.63. The van der Waals surface area contributed by atoms with Crippen molar-refractivity contribution < 1.29 is 18.7 Å². The lowest BCUT2D eigenvalue weighted by molar-refractivity contribution is -0.118. The number of nitrogens with zero attached hydrogens (tertiary/aromatic N) is 1. The first-order chi connectivity index (χ1) is 17.6. The maximum atomic E-state index is 13.5. The molecule has 1 aliphatic rings. The van der Waals surface area contributed by atoms with Crippen molar-refractivity contribution in [3.63, 3.8) is 0 Å². The van der Waals surface area contributed by atoms with E-state index in [4.69, 9.17) is 4.74 Å². The number of fused-ring (bicyclic) bond motifs is 1. The smallest absolute Gasteiger partial charge is 0.262 e. The van der Waals surface area contributed by atoms with Crippen molar-refractivity contribution in [3.05, 3.63) is 131 Å². The fraction of sp³-hybridized carbons (Fsp3) is 0.133. The Morgan fingerprint density at radius 3 is 2.31 bits per heavy atom. The van der Waals surface area contributed by atoms with Crippen LogP contribution in [-0.2, 0) is 11.2 Å². The first kappa shape index (κ1) is 23.3. The van der Waals surface area contributed by atoms with Crippen LogP contribution in [0.5, 0.6) is 5.75 Å². The number of halogens is 1. The molecule has 0 saturated heterocycles. The van der Waals surface area contributed by atoms with Crippen molar-refractivity contribution in [1.82, 2.24) is 4.90 Å². The van der Waals surface area contributed by atoms with Gasteiger partial charge in [-0.3, -0.25) is 9.59 Å². The maximum Gasteiger partial charge on any atom is 0.262 e. The summed E-state index contributed by atoms with van der Waals surface area (Å²) in [5, 5.41) is 2.69. The van der Waals surface area contributed by atoms with E-state index in [2.05, 4.69) is 5.32 Å². The van der Waals surface area contributed by atoms with Crippen LogP contribution in [0.15, 0.2) is 103 Å². The Morgan fingerprint density at radius 1 is 0.889 bits per heavy atom. The minimum atomic E-state index is -0.369. The Bertz CT molecular complexity index is 1360. The zero-order valence-corrected chi connectivity index (χ0v) is 19.6. The Balaban J connectivity index is 1.39. The third-order valence-corrected chi connectivity index (χ3v) is 6.24. The predicted octanol–water partition coefficient (Wildman–Crippen LogP) is 5.63. The number of hydrogen-bond acceptors (Lipinski definition) is 3. The van der Waals surface area contributed by atoms with Gasteiger partial charge in [-0.1, -0.05) is 54.6 Å². The Morgan fingerprint density at radius 2 is 1.58 bits per heavy atom. The molecule has 0 aromatic heterocycles. The van der Waals surface area contributed by atoms with Crippen LogP contribution in [0.4, 0.5) is 10.1 Å². The maximum absolute atomic E-state index is 13.5. The molecule has 6 heteroatoms. The van der Waals surface area contributed by atoms with E-state index in [1.54, 1.807) is 0 Å². The standard InChI is InChI=1S/C30H25FN2O3/c31-24-12-14-25(15-13-24)32-28(34)20-36-26-16-11-21-17-18-33(30(35)23-9-5-2-6-10-23)29(27(21)19-26)22-7-3-1-4-8-22/h1-16,19,29H,17-18,20H2,(H,32,34)/t29-/m1/s1. The number of amides is 2. The molecule has 0 bridgehead atoms. The average Bonchev–Trinajstić information content (AvgIpc) is 2.93. The second-order valence-corrected chi connectivity index (χ2v) is 8.63. The lowest BCUT2D eigenvalue weighted by Crippen LogP contribution is -2.40. The SMILES string of the molecule is O=C(COc1ccc2c(c1)[C@@H](c1ccccc1)N(C(=O)c1ccccc1)CC2)Nc1ccc(F)cc1. The van der Waals surface area contributed by atoms with Gasteiger partial charge in [0.15, 0.2) is 6.61 Å². The van der Waals surface area contributed by atoms with Gasteiger partial charge in [-0.05, 0) is 71.6 Å². The van der Waals surface area contributed by atoms with E-state index in [0.717, 1.165) is 23.1 Å². The fourth-order valence-corrected chi connectivity index (χ4v) is 4.52. The van der Waals surface area contributed by atoms with E-state index in [1.807, 2.05) is 83.8 Å². The fourth-order valence-electron chi connectivity index (χ4n) is 4.52. The number of anilines is 1. The van der Waals surface area contributed by atoms with Gasteiger partial charge in [-0.25, -0.2) is 4.39 Å². The molecule has 1 atom stereocenters. The Labute approximate surface area is 209 Å². The highest BCUT2D eigenvalue weighted by atomic mass is 19.1. The number of nitrogens with one attached hydrogen (secondary N) is 1. The molecule has 0 saturated carbocycles. The first-order valence-corrected chi connectivity index (χ1v) is 11.8. The minimum absolute atomic E-state index is 0.0277. The number of carbonyl (C=O) groups is 2. The molecule has 0 unspecified atom stereocenters.